The second-order valence-electron chi connectivity index (χ2n) is 24.8. The van der Waals surface area contributed by atoms with Crippen LogP contribution in [0.25, 0.3) is 0 Å². The molecule has 0 aromatic carbocycles. The van der Waals surface area contributed by atoms with Gasteiger partial charge in [0.1, 0.15) is 13.2 Å². The zero-order valence-electron chi connectivity index (χ0n) is 55.6. The molecule has 0 aliphatic rings. The Hall–Kier alpha value is -3.53. The van der Waals surface area contributed by atoms with Gasteiger partial charge in [0.05, 0.1) is 34.4 Å². The van der Waals surface area contributed by atoms with E-state index in [1.807, 2.05) is 21.1 Å². The summed E-state index contributed by atoms with van der Waals surface area (Å²) in [5.74, 6) is -2.02. The highest BCUT2D eigenvalue weighted by molar-refractivity contribution is 5.71. The number of esters is 2. The maximum atomic E-state index is 12.9. The molecule has 0 spiro atoms. The summed E-state index contributed by atoms with van der Waals surface area (Å²) < 4.78 is 23.0. The Labute approximate surface area is 519 Å². The minimum atomic E-state index is -1.52. The van der Waals surface area contributed by atoms with Crippen LogP contribution in [0.1, 0.15) is 316 Å². The van der Waals surface area contributed by atoms with Crippen molar-refractivity contribution >= 4 is 17.9 Å². The number of aliphatic carboxylic acids is 1. The molecule has 0 radical (unpaired) electrons. The summed E-state index contributed by atoms with van der Waals surface area (Å²) in [6.45, 7) is 4.78. The van der Waals surface area contributed by atoms with Crippen LogP contribution in [-0.2, 0) is 33.3 Å². The summed E-state index contributed by atoms with van der Waals surface area (Å²) in [6, 6.07) is 0. The van der Waals surface area contributed by atoms with Crippen LogP contribution < -0.4 is 0 Å². The van der Waals surface area contributed by atoms with E-state index in [1.54, 1.807) is 0 Å². The maximum absolute atomic E-state index is 12.9. The molecule has 9 heteroatoms. The van der Waals surface area contributed by atoms with Crippen molar-refractivity contribution in [1.82, 2.24) is 0 Å². The van der Waals surface area contributed by atoms with Crippen molar-refractivity contribution in [2.75, 3.05) is 47.5 Å². The highest BCUT2D eigenvalue weighted by atomic mass is 16.7. The molecular formula is C75H134NO8+. The average molecular weight is 1180 g/mol. The maximum Gasteiger partial charge on any atom is 0.361 e. The Morgan fingerprint density at radius 2 is 0.679 bits per heavy atom. The number of rotatable bonds is 65. The number of nitrogens with zero attached hydrogens (tertiary/aromatic N) is 1. The summed E-state index contributed by atoms with van der Waals surface area (Å²) in [6.07, 6.45) is 85.6. The summed E-state index contributed by atoms with van der Waals surface area (Å²) in [5.41, 5.74) is 0. The predicted octanol–water partition coefficient (Wildman–Crippen LogP) is 21.9. The van der Waals surface area contributed by atoms with Gasteiger partial charge in [0.15, 0.2) is 6.10 Å². The van der Waals surface area contributed by atoms with Crippen molar-refractivity contribution in [3.8, 4) is 0 Å². The van der Waals surface area contributed by atoms with Gasteiger partial charge in [-0.05, 0) is 70.6 Å². The molecule has 1 N–H and O–H groups in total. The summed E-state index contributed by atoms with van der Waals surface area (Å²) >= 11 is 0. The van der Waals surface area contributed by atoms with Gasteiger partial charge in [0.25, 0.3) is 6.29 Å². The first kappa shape index (κ1) is 80.5. The van der Waals surface area contributed by atoms with E-state index in [4.69, 9.17) is 18.9 Å². The van der Waals surface area contributed by atoms with Gasteiger partial charge in [-0.1, -0.05) is 317 Å². The van der Waals surface area contributed by atoms with Gasteiger partial charge < -0.3 is 28.5 Å². The molecule has 0 rings (SSSR count). The van der Waals surface area contributed by atoms with Crippen LogP contribution in [0.5, 0.6) is 0 Å². The van der Waals surface area contributed by atoms with Crippen molar-refractivity contribution in [2.24, 2.45) is 0 Å². The van der Waals surface area contributed by atoms with Gasteiger partial charge in [-0.2, -0.15) is 0 Å². The number of hydrogen-bond donors (Lipinski definition) is 1. The van der Waals surface area contributed by atoms with Gasteiger partial charge in [0.2, 0.25) is 0 Å². The molecule has 0 heterocycles. The number of hydrogen-bond acceptors (Lipinski definition) is 7. The van der Waals surface area contributed by atoms with Crippen LogP contribution in [0.15, 0.2) is 85.1 Å². The lowest BCUT2D eigenvalue weighted by Gasteiger charge is -2.25. The van der Waals surface area contributed by atoms with E-state index in [1.165, 1.54) is 186 Å². The highest BCUT2D eigenvalue weighted by Crippen LogP contribution is 2.18. The molecule has 0 fully saturated rings. The van der Waals surface area contributed by atoms with E-state index in [2.05, 4.69) is 98.9 Å². The summed E-state index contributed by atoms with van der Waals surface area (Å²) in [5, 5.41) is 9.74. The number of ether oxygens (including phenoxy) is 4. The minimum Gasteiger partial charge on any atom is -0.477 e. The zero-order valence-corrected chi connectivity index (χ0v) is 55.6. The van der Waals surface area contributed by atoms with E-state index < -0.39 is 24.3 Å². The molecule has 9 nitrogen and oxygen atoms in total. The zero-order chi connectivity index (χ0) is 61.2. The number of allylic oxidation sites excluding steroid dienone is 14. The number of likely N-dealkylation sites (N-methyl/N-ethyl adjacent to an activating group) is 1. The van der Waals surface area contributed by atoms with Gasteiger partial charge in [-0.15, -0.1) is 0 Å². The Morgan fingerprint density at radius 1 is 0.369 bits per heavy atom. The van der Waals surface area contributed by atoms with E-state index in [0.717, 1.165) is 96.3 Å². The quantitative estimate of drug-likeness (QED) is 0.0211. The Bertz CT molecular complexity index is 1650. The van der Waals surface area contributed by atoms with Crippen molar-refractivity contribution in [3.63, 3.8) is 0 Å². The number of carbonyl (C=O) groups is 3. The van der Waals surface area contributed by atoms with Crippen LogP contribution in [0.4, 0.5) is 0 Å². The molecule has 2 atom stereocenters. The van der Waals surface area contributed by atoms with Crippen molar-refractivity contribution in [2.45, 2.75) is 328 Å². The highest BCUT2D eigenvalue weighted by Gasteiger charge is 2.25. The van der Waals surface area contributed by atoms with E-state index in [0.29, 0.717) is 23.9 Å². The second-order valence-corrected chi connectivity index (χ2v) is 24.8. The Morgan fingerprint density at radius 3 is 1.01 bits per heavy atom. The lowest BCUT2D eigenvalue weighted by atomic mass is 10.0. The lowest BCUT2D eigenvalue weighted by molar-refractivity contribution is -0.870. The van der Waals surface area contributed by atoms with Crippen molar-refractivity contribution in [3.05, 3.63) is 85.1 Å². The van der Waals surface area contributed by atoms with Gasteiger partial charge in [-0.25, -0.2) is 4.79 Å². The Kier molecular flexibility index (Phi) is 62.7. The summed E-state index contributed by atoms with van der Waals surface area (Å²) in [7, 11) is 5.97. The van der Waals surface area contributed by atoms with E-state index in [-0.39, 0.29) is 32.2 Å². The third-order valence-electron chi connectivity index (χ3n) is 15.4. The molecule has 0 amide bonds. The fraction of sp³-hybridized carbons (Fsp3) is 0.773. The number of carbonyl (C=O) groups excluding carboxylic acids is 2. The molecule has 0 saturated carbocycles. The molecule has 486 valence electrons. The molecule has 0 aromatic rings. The van der Waals surface area contributed by atoms with Crippen LogP contribution in [0.2, 0.25) is 0 Å². The van der Waals surface area contributed by atoms with E-state index in [9.17, 15) is 19.5 Å². The Balaban J connectivity index is 4.13. The van der Waals surface area contributed by atoms with Crippen LogP contribution in [-0.4, -0.2) is 87.4 Å². The first-order chi connectivity index (χ1) is 41.1. The largest absolute Gasteiger partial charge is 0.477 e. The number of unbranched alkanes of at least 4 members (excludes halogenated alkanes) is 36. The topological polar surface area (TPSA) is 108 Å². The molecule has 0 aliphatic carbocycles. The summed E-state index contributed by atoms with van der Waals surface area (Å²) in [4.78, 5) is 37.6. The van der Waals surface area contributed by atoms with Crippen LogP contribution in [0, 0.1) is 0 Å². The number of quaternary nitrogens is 1. The SMILES string of the molecule is CC/C=C\C/C=C\C/C=C\C/C=C\C/C=C\C/C=C\C/C=C\CCCCCCCC(=O)OC(COC(=O)CCCCCCCCCCCCCCCCCCCCCCCCCCCCCCCCCC)COC(OCC[N+](C)(C)C)C(=O)O. The van der Waals surface area contributed by atoms with Crippen molar-refractivity contribution in [1.29, 1.82) is 0 Å². The first-order valence-corrected chi connectivity index (χ1v) is 35.3. The molecular weight excluding hydrogens is 1040 g/mol. The third kappa shape index (κ3) is 66.0. The van der Waals surface area contributed by atoms with Gasteiger partial charge >= 0.3 is 17.9 Å². The van der Waals surface area contributed by atoms with Gasteiger partial charge in [0, 0.05) is 12.8 Å². The average Bonchev–Trinajstić information content (AvgIpc) is 3.51. The molecule has 0 saturated heterocycles. The monoisotopic (exact) mass is 1180 g/mol. The normalized spacial score (nSPS) is 13.2. The fourth-order valence-corrected chi connectivity index (χ4v) is 10.1. The minimum absolute atomic E-state index is 0.181. The first-order valence-electron chi connectivity index (χ1n) is 35.3. The van der Waals surface area contributed by atoms with Gasteiger partial charge in [-0.3, -0.25) is 9.59 Å². The second kappa shape index (κ2) is 65.4. The smallest absolute Gasteiger partial charge is 0.361 e. The number of carboxylic acids is 1. The van der Waals surface area contributed by atoms with Crippen LogP contribution in [0.3, 0.4) is 0 Å². The van der Waals surface area contributed by atoms with E-state index >= 15 is 0 Å². The van der Waals surface area contributed by atoms with Crippen LogP contribution >= 0.6 is 0 Å². The molecule has 0 aliphatic heterocycles. The fourth-order valence-electron chi connectivity index (χ4n) is 10.1. The molecule has 0 bridgehead atoms. The third-order valence-corrected chi connectivity index (χ3v) is 15.4. The molecule has 0 aromatic heterocycles. The van der Waals surface area contributed by atoms with Crippen molar-refractivity contribution < 1.29 is 42.9 Å². The predicted molar refractivity (Wildman–Crippen MR) is 359 cm³/mol. The standard InChI is InChI=1S/C75H133NO8/c1-6-8-10-12-14-16-18-20-22-24-26-28-30-32-34-35-36-37-38-40-41-43-45-47-49-51-53-55-57-59-61-63-65-72(77)82-69-71(70-83-75(74(79)80)81-68-67-76(3,4)5)84-73(78)66-64-62-60-58-56-54-52-50-48-46-44-42-39-33-31-29-27-25-23-21-19-17-15-13-11-9-7-2/h9,11,15,17,21,23,27,29,33,39,44,46,50,52,71,75H,6-8,10,12-14,16,18-20,22,24-26,28,30-32,34-38,40-43,45,47-49,51,53-70H2,1-5H3/p+1/b11-9-,17-15-,23-21-,29-27-,39-33-,46-44-,52-50-. The number of carboxylic acid groups (broad SMARTS) is 1. The molecule has 2 unspecified atom stereocenters. The lowest BCUT2D eigenvalue weighted by Crippen LogP contribution is -2.40. The molecule has 84 heavy (non-hydrogen) atoms.